The molecule has 0 heterocycles. The monoisotopic (exact) mass is 224 g/mol. The fraction of sp³-hybridized carbons (Fsp3) is 1.00. The molecule has 2 heteroatoms. The fourth-order valence-corrected chi connectivity index (χ4v) is 4.63. The lowest BCUT2D eigenvalue weighted by Crippen LogP contribution is -2.63. The van der Waals surface area contributed by atoms with Crippen LogP contribution < -0.4 is 0 Å². The molecule has 4 bridgehead atoms. The first-order valence-electron chi connectivity index (χ1n) is 6.89. The van der Waals surface area contributed by atoms with Gasteiger partial charge in [0.25, 0.3) is 0 Å². The molecule has 5 atom stereocenters. The molecule has 4 rings (SSSR count). The van der Waals surface area contributed by atoms with E-state index in [1.165, 1.54) is 19.3 Å². The largest absolute Gasteiger partial charge is 0.372 e. The van der Waals surface area contributed by atoms with Crippen molar-refractivity contribution in [2.45, 2.75) is 70.9 Å². The van der Waals surface area contributed by atoms with Gasteiger partial charge in [-0.1, -0.05) is 0 Å². The molecule has 4 aliphatic carbocycles. The Morgan fingerprint density at radius 3 is 2.38 bits per heavy atom. The topological polar surface area (TPSA) is 18.5 Å². The maximum absolute atomic E-state index is 6.34. The van der Waals surface area contributed by atoms with Crippen molar-refractivity contribution < 1.29 is 9.47 Å². The first-order valence-corrected chi connectivity index (χ1v) is 6.89. The molecule has 4 aliphatic rings. The van der Waals surface area contributed by atoms with E-state index in [0.29, 0.717) is 18.3 Å². The standard InChI is InChI=1S/C14H24O2/c1-8(2)15-13-11-7-10-5-6-12(11)14(10,13)16-9(3)4/h8-13H,5-7H2,1-4H3. The van der Waals surface area contributed by atoms with Gasteiger partial charge in [0.05, 0.1) is 18.3 Å². The molecular weight excluding hydrogens is 200 g/mol. The van der Waals surface area contributed by atoms with Crippen molar-refractivity contribution in [3.63, 3.8) is 0 Å². The SMILES string of the molecule is CC(C)OC1C2CC3CCC2C31OC(C)C. The summed E-state index contributed by atoms with van der Waals surface area (Å²) in [4.78, 5) is 0. The molecule has 0 aromatic carbocycles. The van der Waals surface area contributed by atoms with Gasteiger partial charge < -0.3 is 9.47 Å². The minimum atomic E-state index is 0.114. The van der Waals surface area contributed by atoms with Gasteiger partial charge in [0.1, 0.15) is 5.60 Å². The summed E-state index contributed by atoms with van der Waals surface area (Å²) in [5, 5.41) is 0. The van der Waals surface area contributed by atoms with Crippen molar-refractivity contribution in [2.75, 3.05) is 0 Å². The van der Waals surface area contributed by atoms with Crippen molar-refractivity contribution in [1.29, 1.82) is 0 Å². The molecule has 0 amide bonds. The van der Waals surface area contributed by atoms with Gasteiger partial charge in [0, 0.05) is 0 Å². The molecule has 0 aromatic rings. The van der Waals surface area contributed by atoms with Crippen LogP contribution in [0.4, 0.5) is 0 Å². The van der Waals surface area contributed by atoms with Gasteiger partial charge in [0.2, 0.25) is 0 Å². The molecule has 92 valence electrons. The molecule has 4 fully saturated rings. The third-order valence-electron chi connectivity index (χ3n) is 4.81. The van der Waals surface area contributed by atoms with Crippen LogP contribution in [0.1, 0.15) is 47.0 Å². The van der Waals surface area contributed by atoms with Crippen LogP contribution in [0.3, 0.4) is 0 Å². The minimum absolute atomic E-state index is 0.114. The maximum atomic E-state index is 6.34. The predicted octanol–water partition coefficient (Wildman–Crippen LogP) is 3.00. The zero-order chi connectivity index (χ0) is 11.5. The lowest BCUT2D eigenvalue weighted by atomic mass is 9.66. The van der Waals surface area contributed by atoms with E-state index < -0.39 is 0 Å². The Kier molecular flexibility index (Phi) is 2.38. The van der Waals surface area contributed by atoms with E-state index in [0.717, 1.165) is 17.8 Å². The summed E-state index contributed by atoms with van der Waals surface area (Å²) in [7, 11) is 0. The Morgan fingerprint density at radius 1 is 1.06 bits per heavy atom. The van der Waals surface area contributed by atoms with E-state index in [9.17, 15) is 0 Å². The first-order chi connectivity index (χ1) is 7.55. The number of hydrogen-bond acceptors (Lipinski definition) is 2. The van der Waals surface area contributed by atoms with Crippen LogP contribution in [0.5, 0.6) is 0 Å². The summed E-state index contributed by atoms with van der Waals surface area (Å²) >= 11 is 0. The average molecular weight is 224 g/mol. The number of hydrogen-bond donors (Lipinski definition) is 0. The lowest BCUT2D eigenvalue weighted by molar-refractivity contribution is -0.259. The number of ether oxygens (including phenoxy) is 2. The Bertz CT molecular complexity index is 278. The van der Waals surface area contributed by atoms with Crippen molar-refractivity contribution in [2.24, 2.45) is 17.8 Å². The van der Waals surface area contributed by atoms with E-state index in [2.05, 4.69) is 27.7 Å². The van der Waals surface area contributed by atoms with Crippen LogP contribution in [0, 0.1) is 17.8 Å². The van der Waals surface area contributed by atoms with Crippen molar-refractivity contribution in [3.05, 3.63) is 0 Å². The average Bonchev–Trinajstić information content (AvgIpc) is 2.74. The van der Waals surface area contributed by atoms with E-state index >= 15 is 0 Å². The van der Waals surface area contributed by atoms with Gasteiger partial charge in [-0.05, 0) is 64.7 Å². The highest BCUT2D eigenvalue weighted by Crippen LogP contribution is 2.70. The molecule has 0 saturated heterocycles. The third-order valence-corrected chi connectivity index (χ3v) is 4.81. The molecule has 16 heavy (non-hydrogen) atoms. The van der Waals surface area contributed by atoms with E-state index in [-0.39, 0.29) is 5.60 Å². The van der Waals surface area contributed by atoms with E-state index in [4.69, 9.17) is 9.47 Å². The van der Waals surface area contributed by atoms with Crippen LogP contribution in [0.15, 0.2) is 0 Å². The lowest BCUT2D eigenvalue weighted by Gasteiger charge is -2.53. The normalized spacial score (nSPS) is 49.1. The second-order valence-corrected chi connectivity index (χ2v) is 6.41. The van der Waals surface area contributed by atoms with Crippen LogP contribution in [0.2, 0.25) is 0 Å². The molecule has 0 N–H and O–H groups in total. The molecule has 0 spiro atoms. The Hall–Kier alpha value is -0.0800. The Morgan fingerprint density at radius 2 is 1.81 bits per heavy atom. The van der Waals surface area contributed by atoms with Crippen LogP contribution in [-0.2, 0) is 9.47 Å². The van der Waals surface area contributed by atoms with Crippen molar-refractivity contribution in [3.8, 4) is 0 Å². The maximum Gasteiger partial charge on any atom is 0.101 e. The zero-order valence-electron chi connectivity index (χ0n) is 10.9. The molecule has 0 aromatic heterocycles. The fourth-order valence-electron chi connectivity index (χ4n) is 4.63. The van der Waals surface area contributed by atoms with Gasteiger partial charge in [-0.15, -0.1) is 0 Å². The van der Waals surface area contributed by atoms with Gasteiger partial charge in [-0.2, -0.15) is 0 Å². The van der Waals surface area contributed by atoms with Crippen LogP contribution in [-0.4, -0.2) is 23.9 Å². The molecule has 0 radical (unpaired) electrons. The molecule has 5 unspecified atom stereocenters. The van der Waals surface area contributed by atoms with Crippen molar-refractivity contribution >= 4 is 0 Å². The van der Waals surface area contributed by atoms with Gasteiger partial charge in [-0.3, -0.25) is 0 Å². The van der Waals surface area contributed by atoms with Gasteiger partial charge in [-0.25, -0.2) is 0 Å². The summed E-state index contributed by atoms with van der Waals surface area (Å²) in [6.45, 7) is 8.60. The highest BCUT2D eigenvalue weighted by Gasteiger charge is 2.76. The highest BCUT2D eigenvalue weighted by molar-refractivity contribution is 5.25. The zero-order valence-corrected chi connectivity index (χ0v) is 10.9. The molecule has 4 saturated carbocycles. The third kappa shape index (κ3) is 1.20. The summed E-state index contributed by atoms with van der Waals surface area (Å²) in [5.74, 6) is 2.40. The summed E-state index contributed by atoms with van der Waals surface area (Å²) in [5.41, 5.74) is 0.114. The summed E-state index contributed by atoms with van der Waals surface area (Å²) in [6, 6.07) is 0. The van der Waals surface area contributed by atoms with Crippen LogP contribution in [0.25, 0.3) is 0 Å². The quantitative estimate of drug-likeness (QED) is 0.731. The second-order valence-electron chi connectivity index (χ2n) is 6.41. The van der Waals surface area contributed by atoms with Gasteiger partial charge >= 0.3 is 0 Å². The number of rotatable bonds is 4. The van der Waals surface area contributed by atoms with Crippen LogP contribution >= 0.6 is 0 Å². The summed E-state index contributed by atoms with van der Waals surface area (Å²) in [6.07, 6.45) is 5.16. The summed E-state index contributed by atoms with van der Waals surface area (Å²) < 4.78 is 12.5. The highest BCUT2D eigenvalue weighted by atomic mass is 16.6. The second kappa shape index (κ2) is 3.46. The van der Waals surface area contributed by atoms with E-state index in [1.54, 1.807) is 0 Å². The Labute approximate surface area is 98.7 Å². The van der Waals surface area contributed by atoms with E-state index in [1.807, 2.05) is 0 Å². The van der Waals surface area contributed by atoms with Crippen molar-refractivity contribution in [1.82, 2.24) is 0 Å². The molecule has 0 aliphatic heterocycles. The van der Waals surface area contributed by atoms with Gasteiger partial charge in [0.15, 0.2) is 0 Å². The minimum Gasteiger partial charge on any atom is -0.372 e. The molecule has 2 nitrogen and oxygen atoms in total. The first kappa shape index (κ1) is 11.0. The predicted molar refractivity (Wildman–Crippen MR) is 63.3 cm³/mol. The molecular formula is C14H24O2. The smallest absolute Gasteiger partial charge is 0.101 e. The Balaban J connectivity index is 1.82.